The highest BCUT2D eigenvalue weighted by atomic mass is 79.9. The van der Waals surface area contributed by atoms with Crippen LogP contribution in [0.2, 0.25) is 0 Å². The van der Waals surface area contributed by atoms with E-state index in [0.29, 0.717) is 5.69 Å². The first-order chi connectivity index (χ1) is 6.59. The van der Waals surface area contributed by atoms with E-state index < -0.39 is 0 Å². The Kier molecular flexibility index (Phi) is 2.31. The largest absolute Gasteiger partial charge is 0.312 e. The second-order valence-corrected chi connectivity index (χ2v) is 4.50. The average molecular weight is 255 g/mol. The number of halogens is 1. The van der Waals surface area contributed by atoms with Crippen molar-refractivity contribution in [3.63, 3.8) is 0 Å². The maximum atomic E-state index is 11.6. The van der Waals surface area contributed by atoms with Gasteiger partial charge in [0.1, 0.15) is 5.69 Å². The highest BCUT2D eigenvalue weighted by Gasteiger charge is 2.14. The van der Waals surface area contributed by atoms with Crippen molar-refractivity contribution >= 4 is 22.0 Å². The third kappa shape index (κ3) is 1.43. The van der Waals surface area contributed by atoms with Gasteiger partial charge >= 0.3 is 0 Å². The molecule has 0 aliphatic heterocycles. The summed E-state index contributed by atoms with van der Waals surface area (Å²) in [7, 11) is 1.81. The lowest BCUT2D eigenvalue weighted by atomic mass is 10.1. The fraction of sp³-hybridized carbons (Fsp3) is 0.400. The van der Waals surface area contributed by atoms with E-state index >= 15 is 0 Å². The van der Waals surface area contributed by atoms with Crippen molar-refractivity contribution in [1.29, 1.82) is 0 Å². The van der Waals surface area contributed by atoms with Gasteiger partial charge in [0.2, 0.25) is 0 Å². The first kappa shape index (κ1) is 9.65. The van der Waals surface area contributed by atoms with Crippen LogP contribution >= 0.6 is 15.9 Å². The molecule has 0 N–H and O–H groups in total. The Balaban J connectivity index is 2.73. The number of aromatic nitrogens is 2. The van der Waals surface area contributed by atoms with Gasteiger partial charge in [-0.2, -0.15) is 0 Å². The van der Waals surface area contributed by atoms with E-state index in [4.69, 9.17) is 0 Å². The van der Waals surface area contributed by atoms with Crippen molar-refractivity contribution < 1.29 is 0 Å². The molecule has 4 heteroatoms. The Morgan fingerprint density at radius 1 is 1.50 bits per heavy atom. The van der Waals surface area contributed by atoms with Crippen LogP contribution in [0.5, 0.6) is 0 Å². The minimum atomic E-state index is 0.00942. The van der Waals surface area contributed by atoms with Crippen LogP contribution in [0, 0.1) is 6.92 Å². The Morgan fingerprint density at radius 2 is 2.21 bits per heavy atom. The summed E-state index contributed by atoms with van der Waals surface area (Å²) in [5.41, 5.74) is 2.52. The minimum absolute atomic E-state index is 0.00942. The third-order valence-electron chi connectivity index (χ3n) is 2.50. The number of fused-ring (bicyclic) bond motifs is 1. The quantitative estimate of drug-likeness (QED) is 0.708. The Hall–Kier alpha value is -0.900. The van der Waals surface area contributed by atoms with Gasteiger partial charge in [-0.15, -0.1) is 0 Å². The molecule has 74 valence electrons. The van der Waals surface area contributed by atoms with Crippen LogP contribution < -0.4 is 5.56 Å². The van der Waals surface area contributed by atoms with Crippen molar-refractivity contribution in [2.45, 2.75) is 19.8 Å². The summed E-state index contributed by atoms with van der Waals surface area (Å²) in [5.74, 6) is 0. The lowest BCUT2D eigenvalue weighted by Crippen LogP contribution is -2.26. The number of allylic oxidation sites excluding steroid dienone is 1. The van der Waals surface area contributed by atoms with Crippen molar-refractivity contribution in [1.82, 2.24) is 9.55 Å². The van der Waals surface area contributed by atoms with Crippen LogP contribution in [0.25, 0.3) is 6.08 Å². The molecule has 14 heavy (non-hydrogen) atoms. The number of aryl methyl sites for hydroxylation is 1. The van der Waals surface area contributed by atoms with Crippen LogP contribution in [0.3, 0.4) is 0 Å². The lowest BCUT2D eigenvalue weighted by molar-refractivity contribution is 0.724. The van der Waals surface area contributed by atoms with Crippen molar-refractivity contribution in [2.24, 2.45) is 7.05 Å². The number of hydrogen-bond donors (Lipinski definition) is 0. The molecule has 1 aromatic rings. The van der Waals surface area contributed by atoms with Crippen molar-refractivity contribution in [2.75, 3.05) is 0 Å². The molecule has 0 fully saturated rings. The Morgan fingerprint density at radius 3 is 2.93 bits per heavy atom. The van der Waals surface area contributed by atoms with Crippen molar-refractivity contribution in [3.05, 3.63) is 31.9 Å². The molecule has 0 atom stereocenters. The maximum absolute atomic E-state index is 11.6. The zero-order valence-corrected chi connectivity index (χ0v) is 9.76. The fourth-order valence-electron chi connectivity index (χ4n) is 1.70. The molecule has 0 unspecified atom stereocenters. The summed E-state index contributed by atoms with van der Waals surface area (Å²) in [6, 6.07) is 0. The van der Waals surface area contributed by atoms with Crippen LogP contribution in [-0.4, -0.2) is 9.55 Å². The normalized spacial score (nSPS) is 14.9. The van der Waals surface area contributed by atoms with Gasteiger partial charge in [-0.1, -0.05) is 15.9 Å². The molecule has 1 aliphatic rings. The Bertz CT molecular complexity index is 474. The van der Waals surface area contributed by atoms with Gasteiger partial charge in [0.05, 0.1) is 5.69 Å². The first-order valence-corrected chi connectivity index (χ1v) is 5.31. The molecule has 0 amide bonds. The predicted octanol–water partition coefficient (Wildman–Crippen LogP) is 1.77. The van der Waals surface area contributed by atoms with E-state index in [1.165, 1.54) is 0 Å². The van der Waals surface area contributed by atoms with Gasteiger partial charge in [-0.3, -0.25) is 4.79 Å². The zero-order valence-electron chi connectivity index (χ0n) is 8.17. The molecule has 0 spiro atoms. The highest BCUT2D eigenvalue weighted by Crippen LogP contribution is 2.24. The summed E-state index contributed by atoms with van der Waals surface area (Å²) in [5, 5.41) is 0. The van der Waals surface area contributed by atoms with Gasteiger partial charge in [-0.25, -0.2) is 4.98 Å². The van der Waals surface area contributed by atoms with Crippen LogP contribution in [0.4, 0.5) is 0 Å². The summed E-state index contributed by atoms with van der Waals surface area (Å²) < 4.78 is 2.85. The molecule has 3 nitrogen and oxygen atoms in total. The highest BCUT2D eigenvalue weighted by molar-refractivity contribution is 9.11. The third-order valence-corrected chi connectivity index (χ3v) is 3.12. The molecule has 2 rings (SSSR count). The molecule has 0 radical (unpaired) electrons. The fourth-order valence-corrected chi connectivity index (χ4v) is 2.11. The van der Waals surface area contributed by atoms with E-state index in [2.05, 4.69) is 20.9 Å². The van der Waals surface area contributed by atoms with Crippen molar-refractivity contribution in [3.8, 4) is 0 Å². The molecular formula is C10H11BrN2O. The summed E-state index contributed by atoms with van der Waals surface area (Å²) in [6.45, 7) is 1.75. The summed E-state index contributed by atoms with van der Waals surface area (Å²) in [4.78, 5) is 15.9. The SMILES string of the molecule is Cc1nc2c(n(C)c1=O)CCC(Br)=C2. The smallest absolute Gasteiger partial charge is 0.271 e. The molecule has 0 saturated heterocycles. The topological polar surface area (TPSA) is 34.9 Å². The van der Waals surface area contributed by atoms with Gasteiger partial charge < -0.3 is 4.57 Å². The number of hydrogen-bond acceptors (Lipinski definition) is 2. The predicted molar refractivity (Wildman–Crippen MR) is 59.4 cm³/mol. The molecule has 0 aromatic carbocycles. The number of rotatable bonds is 0. The van der Waals surface area contributed by atoms with E-state index in [0.717, 1.165) is 28.7 Å². The second kappa shape index (κ2) is 3.35. The molecule has 1 aromatic heterocycles. The second-order valence-electron chi connectivity index (χ2n) is 3.48. The Labute approximate surface area is 90.6 Å². The van der Waals surface area contributed by atoms with E-state index in [9.17, 15) is 4.79 Å². The van der Waals surface area contributed by atoms with Gasteiger partial charge in [0.25, 0.3) is 5.56 Å². The molecule has 0 saturated carbocycles. The van der Waals surface area contributed by atoms with E-state index in [1.807, 2.05) is 13.1 Å². The van der Waals surface area contributed by atoms with Gasteiger partial charge in [0, 0.05) is 12.7 Å². The van der Waals surface area contributed by atoms with Crippen LogP contribution in [-0.2, 0) is 13.5 Å². The molecule has 0 bridgehead atoms. The maximum Gasteiger partial charge on any atom is 0.271 e. The standard InChI is InChI=1S/C10H11BrN2O/c1-6-10(14)13(2)9-4-3-7(11)5-8(9)12-6/h5H,3-4H2,1-2H3. The first-order valence-electron chi connectivity index (χ1n) is 4.52. The number of nitrogens with zero attached hydrogens (tertiary/aromatic N) is 2. The summed E-state index contributed by atoms with van der Waals surface area (Å²) in [6.07, 6.45) is 3.82. The molecule has 1 aliphatic carbocycles. The van der Waals surface area contributed by atoms with E-state index in [-0.39, 0.29) is 5.56 Å². The zero-order chi connectivity index (χ0) is 10.3. The monoisotopic (exact) mass is 254 g/mol. The molecular weight excluding hydrogens is 244 g/mol. The summed E-state index contributed by atoms with van der Waals surface area (Å²) >= 11 is 3.46. The minimum Gasteiger partial charge on any atom is -0.312 e. The van der Waals surface area contributed by atoms with Crippen LogP contribution in [0.1, 0.15) is 23.5 Å². The lowest BCUT2D eigenvalue weighted by Gasteiger charge is -2.16. The molecule has 1 heterocycles. The van der Waals surface area contributed by atoms with Gasteiger partial charge in [0.15, 0.2) is 0 Å². The van der Waals surface area contributed by atoms with Crippen LogP contribution in [0.15, 0.2) is 9.28 Å². The van der Waals surface area contributed by atoms with Gasteiger partial charge in [-0.05, 0) is 30.3 Å². The van der Waals surface area contributed by atoms with E-state index in [1.54, 1.807) is 11.5 Å². The average Bonchev–Trinajstić information content (AvgIpc) is 2.14.